The molecule has 106 valence electrons. The van der Waals surface area contributed by atoms with Crippen molar-refractivity contribution >= 4 is 17.3 Å². The number of hydrogen-bond donors (Lipinski definition) is 1. The molecule has 2 N–H and O–H groups in total. The van der Waals surface area contributed by atoms with E-state index in [4.69, 9.17) is 17.3 Å². The molecule has 1 heterocycles. The maximum absolute atomic E-state index is 6.27. The van der Waals surface area contributed by atoms with Gasteiger partial charge in [-0.1, -0.05) is 37.4 Å². The van der Waals surface area contributed by atoms with Crippen molar-refractivity contribution in [3.05, 3.63) is 23.2 Å². The first kappa shape index (κ1) is 13.4. The van der Waals surface area contributed by atoms with E-state index in [1.54, 1.807) is 6.07 Å². The van der Waals surface area contributed by atoms with E-state index in [1.807, 2.05) is 16.8 Å². The molecule has 1 aromatic heterocycles. The van der Waals surface area contributed by atoms with Gasteiger partial charge in [0.15, 0.2) is 5.82 Å². The summed E-state index contributed by atoms with van der Waals surface area (Å²) in [5.74, 6) is 2.06. The van der Waals surface area contributed by atoms with Crippen molar-refractivity contribution in [2.75, 3.05) is 5.73 Å². The SMILES string of the molecule is CC1CCCC1Cn1nnnc1-c1cccc(N)c1Cl. The highest BCUT2D eigenvalue weighted by Crippen LogP contribution is 2.34. The normalized spacial score (nSPS) is 22.3. The molecule has 1 aliphatic rings. The summed E-state index contributed by atoms with van der Waals surface area (Å²) < 4.78 is 1.85. The third kappa shape index (κ3) is 2.38. The summed E-state index contributed by atoms with van der Waals surface area (Å²) in [7, 11) is 0. The molecule has 6 heteroatoms. The fourth-order valence-electron chi connectivity index (χ4n) is 2.96. The molecule has 20 heavy (non-hydrogen) atoms. The Bertz CT molecular complexity index is 609. The van der Waals surface area contributed by atoms with E-state index in [2.05, 4.69) is 22.4 Å². The molecule has 3 rings (SSSR count). The third-order valence-corrected chi connectivity index (χ3v) is 4.67. The van der Waals surface area contributed by atoms with E-state index in [-0.39, 0.29) is 0 Å². The van der Waals surface area contributed by atoms with Gasteiger partial charge in [-0.25, -0.2) is 4.68 Å². The summed E-state index contributed by atoms with van der Waals surface area (Å²) in [6, 6.07) is 5.55. The van der Waals surface area contributed by atoms with Crippen LogP contribution in [0.25, 0.3) is 11.4 Å². The minimum Gasteiger partial charge on any atom is -0.398 e. The highest BCUT2D eigenvalue weighted by Gasteiger charge is 2.25. The van der Waals surface area contributed by atoms with E-state index >= 15 is 0 Å². The van der Waals surface area contributed by atoms with Gasteiger partial charge in [0, 0.05) is 12.1 Å². The van der Waals surface area contributed by atoms with E-state index in [0.717, 1.165) is 18.0 Å². The van der Waals surface area contributed by atoms with Crippen LogP contribution in [0.4, 0.5) is 5.69 Å². The van der Waals surface area contributed by atoms with Crippen LogP contribution in [0.15, 0.2) is 18.2 Å². The highest BCUT2D eigenvalue weighted by atomic mass is 35.5. The first-order valence-corrected chi connectivity index (χ1v) is 7.35. The second-order valence-electron chi connectivity index (χ2n) is 5.56. The lowest BCUT2D eigenvalue weighted by Gasteiger charge is -2.16. The lowest BCUT2D eigenvalue weighted by Crippen LogP contribution is -2.15. The molecule has 1 saturated carbocycles. The topological polar surface area (TPSA) is 69.6 Å². The summed E-state index contributed by atoms with van der Waals surface area (Å²) >= 11 is 6.27. The van der Waals surface area contributed by atoms with Crippen molar-refractivity contribution in [2.24, 2.45) is 11.8 Å². The lowest BCUT2D eigenvalue weighted by molar-refractivity contribution is 0.346. The quantitative estimate of drug-likeness (QED) is 0.883. The van der Waals surface area contributed by atoms with Gasteiger partial charge in [0.1, 0.15) is 0 Å². The van der Waals surface area contributed by atoms with E-state index in [0.29, 0.717) is 22.5 Å². The number of aromatic nitrogens is 4. The van der Waals surface area contributed by atoms with E-state index < -0.39 is 0 Å². The summed E-state index contributed by atoms with van der Waals surface area (Å²) in [5, 5.41) is 12.6. The number of benzene rings is 1. The van der Waals surface area contributed by atoms with Crippen LogP contribution in [0, 0.1) is 11.8 Å². The fraction of sp³-hybridized carbons (Fsp3) is 0.500. The summed E-state index contributed by atoms with van der Waals surface area (Å²) in [6.45, 7) is 3.14. The van der Waals surface area contributed by atoms with Gasteiger partial charge in [-0.05, 0) is 40.8 Å². The van der Waals surface area contributed by atoms with Gasteiger partial charge in [0.2, 0.25) is 0 Å². The Balaban J connectivity index is 1.92. The first-order chi connectivity index (χ1) is 9.66. The molecule has 2 unspecified atom stereocenters. The van der Waals surface area contributed by atoms with Crippen LogP contribution in [0.5, 0.6) is 0 Å². The van der Waals surface area contributed by atoms with Crippen molar-refractivity contribution in [3.8, 4) is 11.4 Å². The molecule has 5 nitrogen and oxygen atoms in total. The van der Waals surface area contributed by atoms with E-state index in [9.17, 15) is 0 Å². The number of halogens is 1. The number of nitrogen functional groups attached to an aromatic ring is 1. The largest absolute Gasteiger partial charge is 0.398 e. The van der Waals surface area contributed by atoms with Gasteiger partial charge in [-0.3, -0.25) is 0 Å². The number of nitrogens with two attached hydrogens (primary N) is 1. The molecular weight excluding hydrogens is 274 g/mol. The molecule has 1 fully saturated rings. The van der Waals surface area contributed by atoms with Crippen molar-refractivity contribution in [1.29, 1.82) is 0 Å². The highest BCUT2D eigenvalue weighted by molar-refractivity contribution is 6.35. The Morgan fingerprint density at radius 3 is 3.00 bits per heavy atom. The van der Waals surface area contributed by atoms with Crippen LogP contribution in [-0.4, -0.2) is 20.2 Å². The molecule has 2 aromatic rings. The van der Waals surface area contributed by atoms with Gasteiger partial charge in [-0.2, -0.15) is 0 Å². The number of rotatable bonds is 3. The molecule has 1 aromatic carbocycles. The molecule has 1 aliphatic carbocycles. The Morgan fingerprint density at radius 2 is 2.25 bits per heavy atom. The molecular formula is C14H18ClN5. The predicted octanol–water partition coefficient (Wildman–Crippen LogP) is 3.01. The minimum absolute atomic E-state index is 0.517. The van der Waals surface area contributed by atoms with Crippen LogP contribution in [0.2, 0.25) is 5.02 Å². The smallest absolute Gasteiger partial charge is 0.183 e. The van der Waals surface area contributed by atoms with Gasteiger partial charge >= 0.3 is 0 Å². The van der Waals surface area contributed by atoms with Gasteiger partial charge in [0.25, 0.3) is 0 Å². The number of nitrogens with zero attached hydrogens (tertiary/aromatic N) is 4. The zero-order chi connectivity index (χ0) is 14.1. The Kier molecular flexibility index (Phi) is 3.61. The standard InChI is InChI=1S/C14H18ClN5/c1-9-4-2-5-10(9)8-20-14(17-18-19-20)11-6-3-7-12(16)13(11)15/h3,6-7,9-10H,2,4-5,8,16H2,1H3. The van der Waals surface area contributed by atoms with Crippen LogP contribution >= 0.6 is 11.6 Å². The zero-order valence-electron chi connectivity index (χ0n) is 11.5. The Labute approximate surface area is 123 Å². The Hall–Kier alpha value is -1.62. The molecule has 0 radical (unpaired) electrons. The van der Waals surface area contributed by atoms with Crippen LogP contribution in [-0.2, 0) is 6.54 Å². The molecule has 0 amide bonds. The maximum Gasteiger partial charge on any atom is 0.183 e. The van der Waals surface area contributed by atoms with Gasteiger partial charge in [0.05, 0.1) is 10.7 Å². The van der Waals surface area contributed by atoms with Crippen molar-refractivity contribution in [3.63, 3.8) is 0 Å². The third-order valence-electron chi connectivity index (χ3n) is 4.25. The summed E-state index contributed by atoms with van der Waals surface area (Å²) in [4.78, 5) is 0. The monoisotopic (exact) mass is 291 g/mol. The fourth-order valence-corrected chi connectivity index (χ4v) is 3.17. The van der Waals surface area contributed by atoms with Gasteiger partial charge < -0.3 is 5.73 Å². The van der Waals surface area contributed by atoms with Gasteiger partial charge in [-0.15, -0.1) is 5.10 Å². The predicted molar refractivity (Wildman–Crippen MR) is 79.2 cm³/mol. The van der Waals surface area contributed by atoms with Crippen LogP contribution in [0.3, 0.4) is 0 Å². The number of anilines is 1. The second kappa shape index (κ2) is 5.40. The summed E-state index contributed by atoms with van der Waals surface area (Å²) in [5.41, 5.74) is 7.20. The van der Waals surface area contributed by atoms with Crippen molar-refractivity contribution in [2.45, 2.75) is 32.7 Å². The lowest BCUT2D eigenvalue weighted by atomic mass is 9.98. The molecule has 0 spiro atoms. The first-order valence-electron chi connectivity index (χ1n) is 6.97. The Morgan fingerprint density at radius 1 is 1.40 bits per heavy atom. The zero-order valence-corrected chi connectivity index (χ0v) is 12.2. The van der Waals surface area contributed by atoms with Crippen LogP contribution in [0.1, 0.15) is 26.2 Å². The number of tetrazole rings is 1. The van der Waals surface area contributed by atoms with Crippen molar-refractivity contribution < 1.29 is 0 Å². The minimum atomic E-state index is 0.517. The average molecular weight is 292 g/mol. The molecule has 2 atom stereocenters. The number of hydrogen-bond acceptors (Lipinski definition) is 4. The van der Waals surface area contributed by atoms with E-state index in [1.165, 1.54) is 19.3 Å². The van der Waals surface area contributed by atoms with Crippen molar-refractivity contribution in [1.82, 2.24) is 20.2 Å². The average Bonchev–Trinajstić information content (AvgIpc) is 3.04. The maximum atomic E-state index is 6.27. The molecule has 0 bridgehead atoms. The molecule has 0 saturated heterocycles. The molecule has 0 aliphatic heterocycles. The second-order valence-corrected chi connectivity index (χ2v) is 5.94. The van der Waals surface area contributed by atoms with Crippen LogP contribution < -0.4 is 5.73 Å². The summed E-state index contributed by atoms with van der Waals surface area (Å²) in [6.07, 6.45) is 3.83.